The van der Waals surface area contributed by atoms with E-state index in [4.69, 9.17) is 4.55 Å². The summed E-state index contributed by atoms with van der Waals surface area (Å²) in [6.45, 7) is 5.10. The predicted molar refractivity (Wildman–Crippen MR) is 165 cm³/mol. The molecular formula is C33H29F8N3O5S. The third-order valence-electron chi connectivity index (χ3n) is 7.61. The lowest BCUT2D eigenvalue weighted by Gasteiger charge is -2.30. The quantitative estimate of drug-likeness (QED) is 0.147. The fourth-order valence-electron chi connectivity index (χ4n) is 5.15. The molecule has 0 spiro atoms. The number of ether oxygens (including phenoxy) is 1. The number of pyridine rings is 1. The Morgan fingerprint density at radius 1 is 0.880 bits per heavy atom. The van der Waals surface area contributed by atoms with E-state index in [0.29, 0.717) is 5.56 Å². The second kappa shape index (κ2) is 14.3. The molecule has 1 aliphatic rings. The topological polar surface area (TPSA) is 109 Å². The number of rotatable bonds is 7. The molecule has 50 heavy (non-hydrogen) atoms. The van der Waals surface area contributed by atoms with Gasteiger partial charge in [-0.15, -0.1) is 13.2 Å². The van der Waals surface area contributed by atoms with Gasteiger partial charge in [0.2, 0.25) is 5.91 Å². The highest BCUT2D eigenvalue weighted by atomic mass is 32.2. The second-order valence-corrected chi connectivity index (χ2v) is 13.1. The molecular weight excluding hydrogens is 702 g/mol. The number of hydrogen-bond acceptors (Lipinski definition) is 6. The van der Waals surface area contributed by atoms with Crippen molar-refractivity contribution < 1.29 is 57.6 Å². The number of anilines is 1. The van der Waals surface area contributed by atoms with E-state index in [2.05, 4.69) is 15.0 Å². The van der Waals surface area contributed by atoms with Crippen LogP contribution in [0.4, 0.5) is 40.8 Å². The smallest absolute Gasteiger partial charge is 0.406 e. The van der Waals surface area contributed by atoms with Gasteiger partial charge < -0.3 is 9.64 Å². The minimum absolute atomic E-state index is 0.0300. The highest BCUT2D eigenvalue weighted by Crippen LogP contribution is 2.40. The Balaban J connectivity index is 0.000000435. The van der Waals surface area contributed by atoms with Crippen LogP contribution in [0.2, 0.25) is 0 Å². The van der Waals surface area contributed by atoms with Crippen LogP contribution >= 0.6 is 0 Å². The van der Waals surface area contributed by atoms with Crippen LogP contribution in [0, 0.1) is 18.6 Å². The molecule has 1 aromatic heterocycles. The van der Waals surface area contributed by atoms with Gasteiger partial charge in [0.25, 0.3) is 10.1 Å². The average molecular weight is 732 g/mol. The molecule has 0 bridgehead atoms. The van der Waals surface area contributed by atoms with Gasteiger partial charge in [0, 0.05) is 17.4 Å². The molecule has 5 rings (SSSR count). The lowest BCUT2D eigenvalue weighted by Crippen LogP contribution is -2.47. The maximum atomic E-state index is 14.1. The third kappa shape index (κ3) is 9.54. The van der Waals surface area contributed by atoms with Crippen molar-refractivity contribution in [3.05, 3.63) is 119 Å². The summed E-state index contributed by atoms with van der Waals surface area (Å²) in [5.74, 6) is -3.31. The summed E-state index contributed by atoms with van der Waals surface area (Å²) in [4.78, 5) is 18.2. The van der Waals surface area contributed by atoms with Crippen LogP contribution in [-0.4, -0.2) is 36.3 Å². The molecule has 0 radical (unpaired) electrons. The van der Waals surface area contributed by atoms with Crippen LogP contribution in [-0.2, 0) is 26.6 Å². The zero-order valence-corrected chi connectivity index (χ0v) is 27.2. The van der Waals surface area contributed by atoms with Gasteiger partial charge in [0.15, 0.2) is 11.6 Å². The summed E-state index contributed by atoms with van der Waals surface area (Å²) in [5, 5.41) is 3.09. The van der Waals surface area contributed by atoms with Crippen molar-refractivity contribution in [1.29, 1.82) is 0 Å². The minimum Gasteiger partial charge on any atom is -0.406 e. The summed E-state index contributed by atoms with van der Waals surface area (Å²) in [7, 11) is -4.02. The number of nitrogens with one attached hydrogen (secondary N) is 1. The Bertz CT molecular complexity index is 1920. The van der Waals surface area contributed by atoms with E-state index in [1.807, 2.05) is 6.92 Å². The molecule has 17 heteroatoms. The molecule has 2 heterocycles. The second-order valence-electron chi connectivity index (χ2n) is 11.7. The van der Waals surface area contributed by atoms with Gasteiger partial charge in [0.1, 0.15) is 11.4 Å². The van der Waals surface area contributed by atoms with E-state index in [1.54, 1.807) is 26.0 Å². The van der Waals surface area contributed by atoms with Crippen molar-refractivity contribution in [2.24, 2.45) is 0 Å². The Morgan fingerprint density at radius 3 is 2.00 bits per heavy atom. The van der Waals surface area contributed by atoms with Gasteiger partial charge in [0.05, 0.1) is 17.0 Å². The molecule has 1 fully saturated rings. The largest absolute Gasteiger partial charge is 0.573 e. The lowest BCUT2D eigenvalue weighted by molar-refractivity contribution is -0.274. The van der Waals surface area contributed by atoms with Crippen molar-refractivity contribution >= 4 is 21.7 Å². The molecule has 0 aliphatic carbocycles. The number of carbonyl (C=O) groups excluding carboxylic acids is 1. The fraction of sp³-hybridized carbons (Fsp3) is 0.273. The van der Waals surface area contributed by atoms with E-state index in [9.17, 15) is 48.3 Å². The number of hydrogen-bond donors (Lipinski definition) is 2. The molecule has 8 nitrogen and oxygen atoms in total. The highest BCUT2D eigenvalue weighted by Gasteiger charge is 2.44. The molecule has 1 aliphatic heterocycles. The van der Waals surface area contributed by atoms with Gasteiger partial charge in [-0.05, 0) is 92.9 Å². The first-order chi connectivity index (χ1) is 23.0. The van der Waals surface area contributed by atoms with E-state index in [0.717, 1.165) is 42.1 Å². The standard InChI is InChI=1S/C26H21F8N3O2.C7H8O3S/c1-24(2,15-4-10-22(35-13-15)25(29,30)31)36-20-12-21(14-3-9-18(27)19(28)11-14)37(23(20)38)16-5-7-17(8-6-16)39-26(32,33)34;1-6-2-4-7(5-3-6)11(8,9)10/h3-11,13,20-21,36H,12H2,1-2H3;2-5H,1H3,(H,8,9,10)/t20-,21-;/m0./s1. The van der Waals surface area contributed by atoms with Crippen molar-refractivity contribution in [3.63, 3.8) is 0 Å². The number of carbonyl (C=O) groups is 1. The highest BCUT2D eigenvalue weighted by molar-refractivity contribution is 7.85. The summed E-state index contributed by atoms with van der Waals surface area (Å²) in [6.07, 6.45) is -8.48. The molecule has 0 saturated carbocycles. The summed E-state index contributed by atoms with van der Waals surface area (Å²) < 4.78 is 138. The van der Waals surface area contributed by atoms with Crippen molar-refractivity contribution in [2.45, 2.75) is 62.2 Å². The predicted octanol–water partition coefficient (Wildman–Crippen LogP) is 7.89. The SMILES string of the molecule is CC(C)(N[C@H]1C[C@@H](c2ccc(F)c(F)c2)N(c2ccc(OC(F)(F)F)cc2)C1=O)c1ccc(C(F)(F)F)nc1.Cc1ccc(S(=O)(=O)O)cc1. The van der Waals surface area contributed by atoms with Crippen molar-refractivity contribution in [1.82, 2.24) is 10.3 Å². The van der Waals surface area contributed by atoms with Crippen LogP contribution < -0.4 is 15.0 Å². The third-order valence-corrected chi connectivity index (χ3v) is 8.48. The molecule has 4 aromatic rings. The van der Waals surface area contributed by atoms with Gasteiger partial charge in [-0.3, -0.25) is 19.6 Å². The number of aromatic nitrogens is 1. The van der Waals surface area contributed by atoms with E-state index in [1.165, 1.54) is 41.3 Å². The number of aryl methyl sites for hydroxylation is 1. The van der Waals surface area contributed by atoms with Gasteiger partial charge in [-0.2, -0.15) is 21.6 Å². The summed E-state index contributed by atoms with van der Waals surface area (Å²) >= 11 is 0. The minimum atomic E-state index is -4.92. The number of benzene rings is 3. The van der Waals surface area contributed by atoms with Crippen LogP contribution in [0.1, 0.15) is 48.7 Å². The molecule has 0 unspecified atom stereocenters. The molecule has 2 atom stereocenters. The van der Waals surface area contributed by atoms with Crippen LogP contribution in [0.15, 0.2) is 90.0 Å². The first-order valence-corrected chi connectivity index (χ1v) is 16.0. The molecule has 1 saturated heterocycles. The van der Waals surface area contributed by atoms with Crippen LogP contribution in [0.25, 0.3) is 0 Å². The molecule has 3 aromatic carbocycles. The Morgan fingerprint density at radius 2 is 1.50 bits per heavy atom. The van der Waals surface area contributed by atoms with Crippen molar-refractivity contribution in [2.75, 3.05) is 4.90 Å². The van der Waals surface area contributed by atoms with Gasteiger partial charge in [-0.25, -0.2) is 8.78 Å². The number of nitrogens with zero attached hydrogens (tertiary/aromatic N) is 2. The lowest BCUT2D eigenvalue weighted by atomic mass is 9.93. The van der Waals surface area contributed by atoms with E-state index in [-0.39, 0.29) is 22.6 Å². The van der Waals surface area contributed by atoms with Crippen LogP contribution in [0.5, 0.6) is 5.75 Å². The zero-order chi connectivity index (χ0) is 37.2. The average Bonchev–Trinajstić information content (AvgIpc) is 3.32. The van der Waals surface area contributed by atoms with Crippen molar-refractivity contribution in [3.8, 4) is 5.75 Å². The Labute approximate surface area is 281 Å². The first kappa shape index (κ1) is 38.2. The zero-order valence-electron chi connectivity index (χ0n) is 26.4. The monoisotopic (exact) mass is 731 g/mol. The molecule has 268 valence electrons. The summed E-state index contributed by atoms with van der Waals surface area (Å²) in [5.41, 5.74) is -0.436. The maximum absolute atomic E-state index is 14.1. The Kier molecular flexibility index (Phi) is 10.9. The first-order valence-electron chi connectivity index (χ1n) is 14.5. The number of amides is 1. The Hall–Kier alpha value is -4.61. The number of halogens is 8. The fourth-order valence-corrected chi connectivity index (χ4v) is 5.63. The van der Waals surface area contributed by atoms with Crippen LogP contribution in [0.3, 0.4) is 0 Å². The maximum Gasteiger partial charge on any atom is 0.573 e. The molecule has 2 N–H and O–H groups in total. The van der Waals surface area contributed by atoms with Gasteiger partial charge >= 0.3 is 12.5 Å². The number of alkyl halides is 6. The van der Waals surface area contributed by atoms with E-state index < -0.39 is 69.3 Å². The van der Waals surface area contributed by atoms with E-state index >= 15 is 0 Å². The normalized spacial score (nSPS) is 17.0. The van der Waals surface area contributed by atoms with Gasteiger partial charge in [-0.1, -0.05) is 29.8 Å². The molecule has 1 amide bonds. The summed E-state index contributed by atoms with van der Waals surface area (Å²) in [6, 6.07) is 13.8.